The van der Waals surface area contributed by atoms with Gasteiger partial charge in [0.2, 0.25) is 8.32 Å². The third-order valence-electron chi connectivity index (χ3n) is 7.34. The molecule has 0 aromatic carbocycles. The molecule has 1 atom stereocenters. The van der Waals surface area contributed by atoms with Crippen LogP contribution in [0.15, 0.2) is 34.8 Å². The summed E-state index contributed by atoms with van der Waals surface area (Å²) in [4.78, 5) is 0. The van der Waals surface area contributed by atoms with Crippen LogP contribution >= 0.6 is 0 Å². The van der Waals surface area contributed by atoms with Gasteiger partial charge in [0.05, 0.1) is 18.3 Å². The minimum atomic E-state index is -1.96. The summed E-state index contributed by atoms with van der Waals surface area (Å²) in [5.41, 5.74) is 1.09. The number of rotatable bonds is 10. The topological polar surface area (TPSA) is 31.6 Å². The second-order valence-electron chi connectivity index (χ2n) is 13.0. The molecule has 1 unspecified atom stereocenters. The molecule has 1 rings (SSSR count). The highest BCUT2D eigenvalue weighted by atomic mass is 28.4. The van der Waals surface area contributed by atoms with Crippen molar-refractivity contribution in [2.45, 2.75) is 111 Å². The molecule has 3 nitrogen and oxygen atoms in total. The normalized spacial score (nSPS) is 15.8. The molecule has 0 radical (unpaired) electrons. The second kappa shape index (κ2) is 10.0. The van der Waals surface area contributed by atoms with Crippen molar-refractivity contribution in [2.24, 2.45) is 11.3 Å². The molecule has 0 bridgehead atoms. The van der Waals surface area contributed by atoms with Crippen molar-refractivity contribution in [3.63, 3.8) is 0 Å². The van der Waals surface area contributed by atoms with Gasteiger partial charge in [-0.05, 0) is 72.7 Å². The maximum atomic E-state index is 6.94. The van der Waals surface area contributed by atoms with Crippen molar-refractivity contribution in [2.75, 3.05) is 6.61 Å². The molecule has 0 N–H and O–H groups in total. The van der Waals surface area contributed by atoms with Crippen molar-refractivity contribution in [1.29, 1.82) is 0 Å². The predicted octanol–water partition coefficient (Wildman–Crippen LogP) is 8.80. The summed E-state index contributed by atoms with van der Waals surface area (Å²) >= 11 is 0. The van der Waals surface area contributed by atoms with Crippen LogP contribution in [0.4, 0.5) is 0 Å². The molecule has 31 heavy (non-hydrogen) atoms. The quantitative estimate of drug-likeness (QED) is 0.255. The van der Waals surface area contributed by atoms with Crippen molar-refractivity contribution < 1.29 is 13.3 Å². The standard InChI is InChI=1S/C26H50O3Si2/c1-21(14-15-22-16-17-27-19-22)18-23(29-31(12,13)25(5,6)7)26(8,9)20-28-30(10,11)24(2,3)4/h16-19,21H,14-15,20H2,1-13H3/b23-18+. The van der Waals surface area contributed by atoms with Crippen LogP contribution < -0.4 is 0 Å². The smallest absolute Gasteiger partial charge is 0.250 e. The number of furan rings is 1. The summed E-state index contributed by atoms with van der Waals surface area (Å²) in [5, 5.41) is 0.355. The van der Waals surface area contributed by atoms with Crippen LogP contribution in [-0.2, 0) is 15.3 Å². The van der Waals surface area contributed by atoms with Crippen LogP contribution in [0.1, 0.15) is 74.3 Å². The fraction of sp³-hybridized carbons (Fsp3) is 0.769. The first-order valence-electron chi connectivity index (χ1n) is 11.8. The third-order valence-corrected chi connectivity index (χ3v) is 16.2. The summed E-state index contributed by atoms with van der Waals surface area (Å²) in [6.45, 7) is 30.7. The van der Waals surface area contributed by atoms with E-state index in [1.54, 1.807) is 6.26 Å². The van der Waals surface area contributed by atoms with E-state index in [4.69, 9.17) is 13.3 Å². The average Bonchev–Trinajstić information content (AvgIpc) is 3.09. The van der Waals surface area contributed by atoms with E-state index in [1.807, 2.05) is 6.26 Å². The van der Waals surface area contributed by atoms with Gasteiger partial charge >= 0.3 is 0 Å². The van der Waals surface area contributed by atoms with E-state index in [-0.39, 0.29) is 15.5 Å². The molecule has 0 saturated heterocycles. The number of aryl methyl sites for hydroxylation is 1. The Bertz CT molecular complexity index is 702. The molecule has 0 saturated carbocycles. The fourth-order valence-electron chi connectivity index (χ4n) is 2.65. The van der Waals surface area contributed by atoms with Gasteiger partial charge in [-0.2, -0.15) is 0 Å². The molecule has 0 amide bonds. The number of hydrogen-bond donors (Lipinski definition) is 0. The highest BCUT2D eigenvalue weighted by molar-refractivity contribution is 6.74. The first kappa shape index (κ1) is 28.2. The molecule has 1 aromatic rings. The molecule has 0 aliphatic rings. The minimum absolute atomic E-state index is 0.155. The minimum Gasteiger partial charge on any atom is -0.546 e. The zero-order valence-electron chi connectivity index (χ0n) is 22.7. The molecular formula is C26H50O3Si2. The van der Waals surface area contributed by atoms with Crippen molar-refractivity contribution in [3.05, 3.63) is 36.0 Å². The van der Waals surface area contributed by atoms with Crippen LogP contribution in [0.2, 0.25) is 36.3 Å². The Kier molecular flexibility index (Phi) is 9.12. The van der Waals surface area contributed by atoms with Gasteiger partial charge in [0.15, 0.2) is 8.32 Å². The van der Waals surface area contributed by atoms with Gasteiger partial charge in [-0.1, -0.05) is 62.3 Å². The zero-order valence-corrected chi connectivity index (χ0v) is 24.7. The van der Waals surface area contributed by atoms with Gasteiger partial charge in [-0.3, -0.25) is 0 Å². The Morgan fingerprint density at radius 3 is 1.97 bits per heavy atom. The molecule has 0 aliphatic carbocycles. The van der Waals surface area contributed by atoms with Crippen LogP contribution in [0.3, 0.4) is 0 Å². The van der Waals surface area contributed by atoms with Crippen LogP contribution in [0.5, 0.6) is 0 Å². The predicted molar refractivity (Wildman–Crippen MR) is 139 cm³/mol. The highest BCUT2D eigenvalue weighted by Crippen LogP contribution is 2.43. The first-order chi connectivity index (χ1) is 13.8. The largest absolute Gasteiger partial charge is 0.546 e. The van der Waals surface area contributed by atoms with Crippen molar-refractivity contribution >= 4 is 16.6 Å². The molecule has 1 aromatic heterocycles. The average molecular weight is 467 g/mol. The lowest BCUT2D eigenvalue weighted by molar-refractivity contribution is 0.147. The maximum Gasteiger partial charge on any atom is 0.250 e. The summed E-state index contributed by atoms with van der Waals surface area (Å²) < 4.78 is 18.8. The third kappa shape index (κ3) is 8.25. The van der Waals surface area contributed by atoms with Gasteiger partial charge < -0.3 is 13.3 Å². The van der Waals surface area contributed by atoms with E-state index in [2.05, 4.69) is 101 Å². The molecule has 180 valence electrons. The SMILES string of the molecule is CC(/C=C(/O[Si](C)(C)C(C)(C)C)C(C)(C)CO[Si](C)(C)C(C)(C)C)CCc1ccoc1. The van der Waals surface area contributed by atoms with E-state index in [0.717, 1.165) is 18.6 Å². The monoisotopic (exact) mass is 466 g/mol. The molecular weight excluding hydrogens is 416 g/mol. The Balaban J connectivity index is 3.12. The molecule has 1 heterocycles. The Morgan fingerprint density at radius 2 is 1.52 bits per heavy atom. The highest BCUT2D eigenvalue weighted by Gasteiger charge is 2.43. The van der Waals surface area contributed by atoms with Gasteiger partial charge in [0.1, 0.15) is 0 Å². The summed E-state index contributed by atoms with van der Waals surface area (Å²) in [7, 11) is -3.79. The lowest BCUT2D eigenvalue weighted by Gasteiger charge is -2.43. The molecule has 0 fully saturated rings. The van der Waals surface area contributed by atoms with Gasteiger partial charge in [0.25, 0.3) is 0 Å². The van der Waals surface area contributed by atoms with Crippen molar-refractivity contribution in [3.8, 4) is 0 Å². The van der Waals surface area contributed by atoms with Gasteiger partial charge in [-0.25, -0.2) is 0 Å². The molecule has 0 aliphatic heterocycles. The van der Waals surface area contributed by atoms with E-state index in [1.165, 1.54) is 5.56 Å². The second-order valence-corrected chi connectivity index (χ2v) is 22.5. The zero-order chi connectivity index (χ0) is 24.3. The van der Waals surface area contributed by atoms with Crippen LogP contribution in [0.25, 0.3) is 0 Å². The molecule has 0 spiro atoms. The van der Waals surface area contributed by atoms with E-state index < -0.39 is 16.6 Å². The van der Waals surface area contributed by atoms with Gasteiger partial charge in [0, 0.05) is 12.0 Å². The first-order valence-corrected chi connectivity index (χ1v) is 17.7. The number of hydrogen-bond acceptors (Lipinski definition) is 3. The lowest BCUT2D eigenvalue weighted by atomic mass is 9.89. The fourth-order valence-corrected chi connectivity index (χ4v) is 5.00. The Labute approximate surface area is 195 Å². The molecule has 5 heteroatoms. The van der Waals surface area contributed by atoms with E-state index in [0.29, 0.717) is 12.5 Å². The van der Waals surface area contributed by atoms with Crippen molar-refractivity contribution in [1.82, 2.24) is 0 Å². The van der Waals surface area contributed by atoms with E-state index >= 15 is 0 Å². The summed E-state index contributed by atoms with van der Waals surface area (Å²) in [6.07, 6.45) is 8.06. The van der Waals surface area contributed by atoms with Crippen LogP contribution in [-0.4, -0.2) is 23.2 Å². The summed E-state index contributed by atoms with van der Waals surface area (Å²) in [6, 6.07) is 2.06. The Hall–Kier alpha value is -0.786. The number of allylic oxidation sites excluding steroid dienone is 1. The Morgan fingerprint density at radius 1 is 0.968 bits per heavy atom. The van der Waals surface area contributed by atoms with Crippen LogP contribution in [0, 0.1) is 11.3 Å². The maximum absolute atomic E-state index is 6.94. The summed E-state index contributed by atoms with van der Waals surface area (Å²) in [5.74, 6) is 1.53. The lowest BCUT2D eigenvalue weighted by Crippen LogP contribution is -2.46. The van der Waals surface area contributed by atoms with E-state index in [9.17, 15) is 0 Å². The van der Waals surface area contributed by atoms with Gasteiger partial charge in [-0.15, -0.1) is 0 Å².